The van der Waals surface area contributed by atoms with Gasteiger partial charge in [0.15, 0.2) is 5.96 Å². The van der Waals surface area contributed by atoms with Crippen LogP contribution in [0.25, 0.3) is 0 Å². The molecular weight excluding hydrogens is 521 g/mol. The molecule has 0 saturated heterocycles. The number of hydrogen-bond donors (Lipinski definition) is 4. The van der Waals surface area contributed by atoms with Crippen molar-refractivity contribution in [1.29, 1.82) is 0 Å². The summed E-state index contributed by atoms with van der Waals surface area (Å²) in [5.74, 6) is 1.73. The molecule has 0 fully saturated rings. The first-order valence-electron chi connectivity index (χ1n) is 10.5. The number of carbonyl (C=O) groups is 1. The highest BCUT2D eigenvalue weighted by molar-refractivity contribution is 14.0. The van der Waals surface area contributed by atoms with Crippen LogP contribution in [0, 0.1) is 6.92 Å². The maximum atomic E-state index is 12.3. The van der Waals surface area contributed by atoms with Crippen LogP contribution < -0.4 is 16.0 Å². The quantitative estimate of drug-likeness (QED) is 0.204. The van der Waals surface area contributed by atoms with Crippen LogP contribution in [0.2, 0.25) is 0 Å². The number of nitrogens with zero attached hydrogens (tertiary/aromatic N) is 2. The van der Waals surface area contributed by atoms with Crippen molar-refractivity contribution in [2.24, 2.45) is 4.99 Å². The monoisotopic (exact) mass is 557 g/mol. The van der Waals surface area contributed by atoms with Gasteiger partial charge in [0.05, 0.1) is 13.1 Å². The fraction of sp³-hybridized carbons (Fsp3) is 0.478. The number of benzene rings is 1. The van der Waals surface area contributed by atoms with Crippen LogP contribution in [0.3, 0.4) is 0 Å². The lowest BCUT2D eigenvalue weighted by Gasteiger charge is -2.22. The first kappa shape index (κ1) is 27.9. The van der Waals surface area contributed by atoms with E-state index in [9.17, 15) is 9.90 Å². The summed E-state index contributed by atoms with van der Waals surface area (Å²) in [4.78, 5) is 18.9. The van der Waals surface area contributed by atoms with Gasteiger partial charge in [-0.25, -0.2) is 4.99 Å². The highest BCUT2D eigenvalue weighted by Crippen LogP contribution is 2.21. The van der Waals surface area contributed by atoms with Gasteiger partial charge in [-0.3, -0.25) is 4.79 Å². The van der Waals surface area contributed by atoms with Crippen molar-refractivity contribution in [3.05, 3.63) is 59.0 Å². The number of likely N-dealkylation sites (N-methyl/N-ethyl adjacent to an activating group) is 1. The maximum Gasteiger partial charge on any atom is 0.251 e. The Balaban J connectivity index is 0.00000512. The van der Waals surface area contributed by atoms with Crippen LogP contribution in [-0.2, 0) is 12.1 Å². The Morgan fingerprint density at radius 2 is 1.94 bits per heavy atom. The number of aliphatic hydroxyl groups is 1. The third-order valence-corrected chi connectivity index (χ3v) is 4.67. The normalized spacial score (nSPS) is 13.3. The molecule has 0 aliphatic heterocycles. The molecule has 178 valence electrons. The number of nitrogens with one attached hydrogen (secondary N) is 3. The molecule has 2 rings (SSSR count). The minimum absolute atomic E-state index is 0. The number of halogens is 1. The minimum atomic E-state index is -1.17. The van der Waals surface area contributed by atoms with E-state index in [4.69, 9.17) is 4.42 Å². The fourth-order valence-corrected chi connectivity index (χ4v) is 2.89. The number of guanidine groups is 1. The first-order valence-corrected chi connectivity index (χ1v) is 10.5. The average molecular weight is 557 g/mol. The van der Waals surface area contributed by atoms with Crippen molar-refractivity contribution in [3.8, 4) is 0 Å². The van der Waals surface area contributed by atoms with E-state index in [0.717, 1.165) is 17.9 Å². The number of carbonyl (C=O) groups excluding carboxylic acids is 1. The van der Waals surface area contributed by atoms with Crippen LogP contribution in [-0.4, -0.2) is 62.1 Å². The highest BCUT2D eigenvalue weighted by atomic mass is 127. The second-order valence-corrected chi connectivity index (χ2v) is 7.99. The third-order valence-electron chi connectivity index (χ3n) is 4.67. The molecule has 0 spiro atoms. The van der Waals surface area contributed by atoms with Gasteiger partial charge in [0.25, 0.3) is 5.91 Å². The topological polar surface area (TPSA) is 102 Å². The number of amides is 1. The van der Waals surface area contributed by atoms with Gasteiger partial charge in [-0.05, 0) is 64.7 Å². The smallest absolute Gasteiger partial charge is 0.251 e. The predicted octanol–water partition coefficient (Wildman–Crippen LogP) is 2.46. The summed E-state index contributed by atoms with van der Waals surface area (Å²) in [5.41, 5.74) is 0.362. The van der Waals surface area contributed by atoms with Crippen molar-refractivity contribution >= 4 is 35.8 Å². The van der Waals surface area contributed by atoms with E-state index in [1.807, 2.05) is 57.1 Å². The summed E-state index contributed by atoms with van der Waals surface area (Å²) in [5, 5.41) is 20.0. The van der Waals surface area contributed by atoms with E-state index in [1.54, 1.807) is 19.1 Å². The predicted molar refractivity (Wildman–Crippen MR) is 139 cm³/mol. The lowest BCUT2D eigenvalue weighted by Crippen LogP contribution is -2.44. The summed E-state index contributed by atoms with van der Waals surface area (Å²) >= 11 is 0. The van der Waals surface area contributed by atoms with Crippen LogP contribution in [0.1, 0.15) is 41.3 Å². The van der Waals surface area contributed by atoms with Crippen LogP contribution in [0.4, 0.5) is 0 Å². The standard InChI is InChI=1S/C23H35N5O3.HI/c1-6-24-22(27-16-23(3,30)20-11-10-17(2)31-20)26-15-18-8-7-9-19(14-18)21(29)25-12-13-28(4)5;/h7-11,14,30H,6,12-13,15-16H2,1-5H3,(H,25,29)(H2,24,26,27);1H. The number of rotatable bonds is 10. The van der Waals surface area contributed by atoms with Crippen LogP contribution in [0.15, 0.2) is 45.8 Å². The van der Waals surface area contributed by atoms with Crippen molar-refractivity contribution in [1.82, 2.24) is 20.9 Å². The molecule has 1 amide bonds. The lowest BCUT2D eigenvalue weighted by molar-refractivity contribution is 0.0378. The van der Waals surface area contributed by atoms with Gasteiger partial charge in [-0.15, -0.1) is 24.0 Å². The molecule has 2 aromatic rings. The number of hydrogen-bond acceptors (Lipinski definition) is 5. The van der Waals surface area contributed by atoms with Gasteiger partial charge in [0, 0.05) is 25.2 Å². The zero-order chi connectivity index (χ0) is 22.9. The molecule has 0 aliphatic carbocycles. The molecule has 32 heavy (non-hydrogen) atoms. The average Bonchev–Trinajstić information content (AvgIpc) is 3.17. The Morgan fingerprint density at radius 3 is 2.56 bits per heavy atom. The number of aliphatic imine (C=N–C) groups is 1. The molecule has 1 aromatic carbocycles. The van der Waals surface area contributed by atoms with Gasteiger partial charge in [0.2, 0.25) is 0 Å². The molecule has 0 aliphatic rings. The summed E-state index contributed by atoms with van der Waals surface area (Å²) in [6.07, 6.45) is 0. The highest BCUT2D eigenvalue weighted by Gasteiger charge is 2.27. The Kier molecular flexibility index (Phi) is 11.7. The van der Waals surface area contributed by atoms with Gasteiger partial charge in [-0.1, -0.05) is 12.1 Å². The fourth-order valence-electron chi connectivity index (χ4n) is 2.89. The summed E-state index contributed by atoms with van der Waals surface area (Å²) in [6, 6.07) is 11.0. The Morgan fingerprint density at radius 1 is 1.19 bits per heavy atom. The molecule has 1 atom stereocenters. The molecule has 0 bridgehead atoms. The van der Waals surface area contributed by atoms with Crippen molar-refractivity contribution < 1.29 is 14.3 Å². The van der Waals surface area contributed by atoms with Gasteiger partial charge >= 0.3 is 0 Å². The van der Waals surface area contributed by atoms with E-state index in [1.165, 1.54) is 0 Å². The molecule has 4 N–H and O–H groups in total. The van der Waals surface area contributed by atoms with Gasteiger partial charge < -0.3 is 30.4 Å². The second kappa shape index (κ2) is 13.4. The summed E-state index contributed by atoms with van der Waals surface area (Å²) < 4.78 is 5.56. The molecule has 1 heterocycles. The van der Waals surface area contributed by atoms with Crippen molar-refractivity contribution in [2.75, 3.05) is 40.3 Å². The Hall–Kier alpha value is -2.11. The molecule has 8 nitrogen and oxygen atoms in total. The second-order valence-electron chi connectivity index (χ2n) is 7.99. The minimum Gasteiger partial charge on any atom is -0.463 e. The number of furan rings is 1. The van der Waals surface area contributed by atoms with Crippen molar-refractivity contribution in [2.45, 2.75) is 32.9 Å². The molecule has 0 radical (unpaired) electrons. The number of aryl methyl sites for hydroxylation is 1. The van der Waals surface area contributed by atoms with E-state index in [0.29, 0.717) is 36.9 Å². The van der Waals surface area contributed by atoms with E-state index < -0.39 is 5.60 Å². The third kappa shape index (κ3) is 9.17. The Labute approximate surface area is 207 Å². The summed E-state index contributed by atoms with van der Waals surface area (Å²) in [6.45, 7) is 8.21. The van der Waals surface area contributed by atoms with Gasteiger partial charge in [-0.2, -0.15) is 0 Å². The molecular formula is C23H36IN5O3. The molecule has 1 unspecified atom stereocenters. The summed E-state index contributed by atoms with van der Waals surface area (Å²) in [7, 11) is 3.94. The largest absolute Gasteiger partial charge is 0.463 e. The first-order chi connectivity index (χ1) is 14.7. The van der Waals surface area contributed by atoms with E-state index in [2.05, 4.69) is 20.9 Å². The van der Waals surface area contributed by atoms with Gasteiger partial charge in [0.1, 0.15) is 17.1 Å². The Bertz CT molecular complexity index is 880. The van der Waals surface area contributed by atoms with Crippen LogP contribution in [0.5, 0.6) is 0 Å². The zero-order valence-corrected chi connectivity index (χ0v) is 21.9. The molecule has 9 heteroatoms. The molecule has 0 saturated carbocycles. The zero-order valence-electron chi connectivity index (χ0n) is 19.6. The lowest BCUT2D eigenvalue weighted by atomic mass is 10.0. The SMILES string of the molecule is CCNC(=NCc1cccc(C(=O)NCCN(C)C)c1)NCC(C)(O)c1ccc(C)o1.I. The van der Waals surface area contributed by atoms with Crippen molar-refractivity contribution in [3.63, 3.8) is 0 Å². The van der Waals surface area contributed by atoms with E-state index >= 15 is 0 Å². The molecule has 1 aromatic heterocycles. The van der Waals surface area contributed by atoms with E-state index in [-0.39, 0.29) is 36.4 Å². The van der Waals surface area contributed by atoms with Crippen LogP contribution >= 0.6 is 24.0 Å². The maximum absolute atomic E-state index is 12.3.